The van der Waals surface area contributed by atoms with E-state index in [1.807, 2.05) is 12.3 Å². The van der Waals surface area contributed by atoms with Crippen molar-refractivity contribution in [1.29, 1.82) is 0 Å². The summed E-state index contributed by atoms with van der Waals surface area (Å²) in [7, 11) is 0. The third-order valence-electron chi connectivity index (χ3n) is 2.87. The Morgan fingerprint density at radius 2 is 2.60 bits per heavy atom. The molecule has 0 saturated heterocycles. The van der Waals surface area contributed by atoms with Gasteiger partial charge in [-0.2, -0.15) is 0 Å². The topological polar surface area (TPSA) is 24.9 Å². The van der Waals surface area contributed by atoms with Crippen LogP contribution in [0.2, 0.25) is 0 Å². The highest BCUT2D eigenvalue weighted by molar-refractivity contribution is 5.28. The van der Waals surface area contributed by atoms with Crippen molar-refractivity contribution in [2.24, 2.45) is 0 Å². The van der Waals surface area contributed by atoms with Crippen LogP contribution in [0.15, 0.2) is 18.3 Å². The minimum atomic E-state index is 0.368. The van der Waals surface area contributed by atoms with Crippen molar-refractivity contribution in [3.63, 3.8) is 0 Å². The van der Waals surface area contributed by atoms with Gasteiger partial charge in [-0.15, -0.1) is 12.3 Å². The Labute approximate surface area is 91.1 Å². The molecule has 1 N–H and O–H groups in total. The van der Waals surface area contributed by atoms with Gasteiger partial charge >= 0.3 is 0 Å². The molecule has 15 heavy (non-hydrogen) atoms. The van der Waals surface area contributed by atoms with Gasteiger partial charge in [0.25, 0.3) is 0 Å². The molecule has 1 aromatic heterocycles. The van der Waals surface area contributed by atoms with Crippen LogP contribution in [0.3, 0.4) is 0 Å². The fourth-order valence-corrected chi connectivity index (χ4v) is 2.15. The van der Waals surface area contributed by atoms with E-state index in [9.17, 15) is 0 Å². The summed E-state index contributed by atoms with van der Waals surface area (Å²) in [6, 6.07) is 4.93. The molecule has 1 heterocycles. The van der Waals surface area contributed by atoms with Crippen molar-refractivity contribution in [3.8, 4) is 12.3 Å². The fourth-order valence-electron chi connectivity index (χ4n) is 2.15. The molecule has 0 saturated carbocycles. The van der Waals surface area contributed by atoms with E-state index in [1.165, 1.54) is 11.3 Å². The molecule has 2 rings (SSSR count). The zero-order chi connectivity index (χ0) is 10.7. The Morgan fingerprint density at radius 1 is 1.73 bits per heavy atom. The smallest absolute Gasteiger partial charge is 0.0605 e. The first-order valence-electron chi connectivity index (χ1n) is 5.44. The van der Waals surface area contributed by atoms with Crippen LogP contribution in [0.25, 0.3) is 0 Å². The number of pyridine rings is 1. The molecule has 2 nitrogen and oxygen atoms in total. The molecule has 0 spiro atoms. The second kappa shape index (κ2) is 4.46. The lowest BCUT2D eigenvalue weighted by molar-refractivity contribution is 0.452. The first-order valence-corrected chi connectivity index (χ1v) is 5.44. The van der Waals surface area contributed by atoms with Gasteiger partial charge in [0.2, 0.25) is 0 Å². The zero-order valence-electron chi connectivity index (χ0n) is 9.03. The molecule has 1 aromatic rings. The molecule has 0 aliphatic heterocycles. The molecule has 0 bridgehead atoms. The predicted molar refractivity (Wildman–Crippen MR) is 61.3 cm³/mol. The maximum Gasteiger partial charge on any atom is 0.0605 e. The molecule has 1 aliphatic rings. The Bertz CT molecular complexity index is 378. The van der Waals surface area contributed by atoms with Crippen LogP contribution in [0, 0.1) is 12.3 Å². The van der Waals surface area contributed by atoms with Gasteiger partial charge in [-0.1, -0.05) is 6.07 Å². The molecule has 1 aliphatic carbocycles. The van der Waals surface area contributed by atoms with E-state index in [1.54, 1.807) is 0 Å². The molecule has 0 aromatic carbocycles. The van der Waals surface area contributed by atoms with Crippen LogP contribution in [0.1, 0.15) is 37.1 Å². The molecule has 0 radical (unpaired) electrons. The monoisotopic (exact) mass is 200 g/mol. The number of nitrogens with zero attached hydrogens (tertiary/aromatic N) is 1. The highest BCUT2D eigenvalue weighted by atomic mass is 15.0. The Morgan fingerprint density at radius 3 is 3.40 bits per heavy atom. The number of rotatable bonds is 3. The first-order chi connectivity index (χ1) is 7.31. The summed E-state index contributed by atoms with van der Waals surface area (Å²) in [5.74, 6) is 2.68. The lowest BCUT2D eigenvalue weighted by atomic mass is 10.1. The molecule has 0 amide bonds. The van der Waals surface area contributed by atoms with Crippen LogP contribution in [-0.2, 0) is 6.42 Å². The number of terminal acetylenes is 1. The van der Waals surface area contributed by atoms with E-state index in [2.05, 4.69) is 29.2 Å². The van der Waals surface area contributed by atoms with Gasteiger partial charge in [-0.3, -0.25) is 4.98 Å². The van der Waals surface area contributed by atoms with Crippen molar-refractivity contribution >= 4 is 0 Å². The second-order valence-electron chi connectivity index (χ2n) is 4.11. The van der Waals surface area contributed by atoms with E-state index < -0.39 is 0 Å². The molecule has 2 atom stereocenters. The zero-order valence-corrected chi connectivity index (χ0v) is 9.03. The van der Waals surface area contributed by atoms with Crippen molar-refractivity contribution in [3.05, 3.63) is 29.6 Å². The minimum Gasteiger partial charge on any atom is -0.305 e. The molecule has 0 fully saturated rings. The van der Waals surface area contributed by atoms with Gasteiger partial charge in [0.1, 0.15) is 0 Å². The van der Waals surface area contributed by atoms with Gasteiger partial charge in [-0.25, -0.2) is 0 Å². The summed E-state index contributed by atoms with van der Waals surface area (Å²) >= 11 is 0. The number of fused-ring (bicyclic) bond motifs is 1. The van der Waals surface area contributed by atoms with E-state index in [0.717, 1.165) is 19.3 Å². The third-order valence-corrected chi connectivity index (χ3v) is 2.87. The van der Waals surface area contributed by atoms with Crippen LogP contribution >= 0.6 is 0 Å². The van der Waals surface area contributed by atoms with E-state index in [4.69, 9.17) is 6.42 Å². The highest BCUT2D eigenvalue weighted by Crippen LogP contribution is 2.29. The highest BCUT2D eigenvalue weighted by Gasteiger charge is 2.23. The number of hydrogen-bond acceptors (Lipinski definition) is 2. The number of aromatic nitrogens is 1. The van der Waals surface area contributed by atoms with E-state index >= 15 is 0 Å². The molecule has 2 heteroatoms. The van der Waals surface area contributed by atoms with Gasteiger partial charge in [-0.05, 0) is 31.4 Å². The van der Waals surface area contributed by atoms with Crippen molar-refractivity contribution in [2.45, 2.75) is 38.3 Å². The SMILES string of the molecule is C#CCC(C)NC1CCc2cccnc21. The van der Waals surface area contributed by atoms with Gasteiger partial charge in [0.15, 0.2) is 0 Å². The van der Waals surface area contributed by atoms with Crippen LogP contribution in [0.5, 0.6) is 0 Å². The molecular formula is C13H16N2. The largest absolute Gasteiger partial charge is 0.305 e. The van der Waals surface area contributed by atoms with Crippen molar-refractivity contribution in [2.75, 3.05) is 0 Å². The maximum absolute atomic E-state index is 5.29. The molecule has 78 valence electrons. The average Bonchev–Trinajstić information content (AvgIpc) is 2.62. The normalized spacial score (nSPS) is 20.7. The van der Waals surface area contributed by atoms with Crippen LogP contribution < -0.4 is 5.32 Å². The van der Waals surface area contributed by atoms with Crippen molar-refractivity contribution in [1.82, 2.24) is 10.3 Å². The summed E-state index contributed by atoms with van der Waals surface area (Å²) in [6.07, 6.45) is 10.2. The summed E-state index contributed by atoms with van der Waals surface area (Å²) in [6.45, 7) is 2.13. The van der Waals surface area contributed by atoms with Gasteiger partial charge in [0, 0.05) is 18.7 Å². The third kappa shape index (κ3) is 2.19. The van der Waals surface area contributed by atoms with E-state index in [-0.39, 0.29) is 0 Å². The first kappa shape index (κ1) is 10.2. The number of hydrogen-bond donors (Lipinski definition) is 1. The van der Waals surface area contributed by atoms with Gasteiger partial charge < -0.3 is 5.32 Å². The Balaban J connectivity index is 2.05. The number of nitrogens with one attached hydrogen (secondary N) is 1. The lowest BCUT2D eigenvalue weighted by Gasteiger charge is -2.17. The Kier molecular flexibility index (Phi) is 3.03. The van der Waals surface area contributed by atoms with Crippen LogP contribution in [-0.4, -0.2) is 11.0 Å². The molecule has 2 unspecified atom stereocenters. The molecular weight excluding hydrogens is 184 g/mol. The average molecular weight is 200 g/mol. The number of aryl methyl sites for hydroxylation is 1. The summed E-state index contributed by atoms with van der Waals surface area (Å²) in [5, 5.41) is 3.53. The predicted octanol–water partition coefficient (Wildman–Crippen LogP) is 2.07. The maximum atomic E-state index is 5.29. The van der Waals surface area contributed by atoms with Gasteiger partial charge in [0.05, 0.1) is 11.7 Å². The summed E-state index contributed by atoms with van der Waals surface area (Å²) in [5.41, 5.74) is 2.59. The lowest BCUT2D eigenvalue weighted by Crippen LogP contribution is -2.29. The summed E-state index contributed by atoms with van der Waals surface area (Å²) in [4.78, 5) is 4.44. The van der Waals surface area contributed by atoms with Crippen LogP contribution in [0.4, 0.5) is 0 Å². The van der Waals surface area contributed by atoms with E-state index in [0.29, 0.717) is 12.1 Å². The second-order valence-corrected chi connectivity index (χ2v) is 4.11. The Hall–Kier alpha value is -1.33. The van der Waals surface area contributed by atoms with Crippen molar-refractivity contribution < 1.29 is 0 Å². The standard InChI is InChI=1S/C13H16N2/c1-3-5-10(2)15-12-8-7-11-6-4-9-14-13(11)12/h1,4,6,9-10,12,15H,5,7-8H2,2H3. The quantitative estimate of drug-likeness (QED) is 0.755. The minimum absolute atomic E-state index is 0.368. The summed E-state index contributed by atoms with van der Waals surface area (Å²) < 4.78 is 0. The fraction of sp³-hybridized carbons (Fsp3) is 0.462.